The summed E-state index contributed by atoms with van der Waals surface area (Å²) in [4.78, 5) is 0. The Balaban J connectivity index is 1.53. The highest BCUT2D eigenvalue weighted by Crippen LogP contribution is 2.48. The number of para-hydroxylation sites is 2. The van der Waals surface area contributed by atoms with Crippen molar-refractivity contribution in [3.05, 3.63) is 138 Å². The van der Waals surface area contributed by atoms with Gasteiger partial charge in [0.05, 0.1) is 19.1 Å². The van der Waals surface area contributed by atoms with Crippen LogP contribution in [0.25, 0.3) is 27.5 Å². The Hall–Kier alpha value is -4.13. The van der Waals surface area contributed by atoms with E-state index in [1.165, 1.54) is 37.9 Å². The first-order valence-corrected chi connectivity index (χ1v) is 22.3. The largest absolute Gasteiger partial charge is 0.508 e. The molecular formula is C43H49NOSi2. The maximum atomic E-state index is 11.3. The quantitative estimate of drug-likeness (QED) is 0.101. The molecule has 0 bridgehead atoms. The molecule has 3 unspecified atom stereocenters. The van der Waals surface area contributed by atoms with E-state index in [1.807, 2.05) is 6.07 Å². The topological polar surface area (TPSA) is 25.2 Å². The summed E-state index contributed by atoms with van der Waals surface area (Å²) in [5.41, 5.74) is 5.70. The number of aromatic nitrogens is 1. The molecule has 1 aliphatic rings. The van der Waals surface area contributed by atoms with Crippen molar-refractivity contribution in [2.45, 2.75) is 71.6 Å². The number of allylic oxidation sites excluding steroid dienone is 8. The van der Waals surface area contributed by atoms with Crippen molar-refractivity contribution >= 4 is 59.2 Å². The summed E-state index contributed by atoms with van der Waals surface area (Å²) >= 11 is 0. The molecule has 0 saturated heterocycles. The molecule has 0 amide bonds. The average Bonchev–Trinajstić information content (AvgIpc) is 3.42. The van der Waals surface area contributed by atoms with Crippen LogP contribution in [0.2, 0.25) is 24.2 Å². The summed E-state index contributed by atoms with van der Waals surface area (Å²) in [5, 5.41) is 20.0. The number of phenols is 1. The first-order valence-electron chi connectivity index (χ1n) is 17.2. The molecule has 2 heterocycles. The number of rotatable bonds is 8. The van der Waals surface area contributed by atoms with Gasteiger partial charge in [0, 0.05) is 16.5 Å². The van der Waals surface area contributed by atoms with Crippen LogP contribution in [-0.4, -0.2) is 25.8 Å². The lowest BCUT2D eigenvalue weighted by Crippen LogP contribution is -2.75. The standard InChI is InChI=1S/C43H49NOSi2/c1-8-10-18-32(4)47(33(5)41(23-11-9-2)46(6,7)42-24-16-17-25-43(42)47)35-28-29-40(45)34(30-35)27-26-31(3)44-38-21-14-12-19-36(38)37-20-13-15-22-39(37)44/h8-22,24-26,28-30,33,41,45H,23,27H2,1-7H3. The first-order chi connectivity index (χ1) is 22.7. The van der Waals surface area contributed by atoms with E-state index >= 15 is 0 Å². The van der Waals surface area contributed by atoms with E-state index in [1.54, 1.807) is 10.4 Å². The zero-order valence-electron chi connectivity index (χ0n) is 29.1. The van der Waals surface area contributed by atoms with Crippen molar-refractivity contribution in [2.24, 2.45) is 0 Å². The zero-order valence-corrected chi connectivity index (χ0v) is 31.1. The van der Waals surface area contributed by atoms with Crippen LogP contribution in [-0.2, 0) is 6.42 Å². The van der Waals surface area contributed by atoms with E-state index in [0.29, 0.717) is 23.3 Å². The second-order valence-corrected chi connectivity index (χ2v) is 23.1. The number of hydrogen-bond donors (Lipinski definition) is 1. The van der Waals surface area contributed by atoms with Gasteiger partial charge in [0.15, 0.2) is 0 Å². The fourth-order valence-electron chi connectivity index (χ4n) is 8.78. The zero-order chi connectivity index (χ0) is 33.3. The maximum absolute atomic E-state index is 11.3. The molecule has 1 N–H and O–H groups in total. The lowest BCUT2D eigenvalue weighted by molar-refractivity contribution is 0.470. The third kappa shape index (κ3) is 5.42. The minimum atomic E-state index is -2.49. The van der Waals surface area contributed by atoms with Crippen molar-refractivity contribution in [3.8, 4) is 5.75 Å². The summed E-state index contributed by atoms with van der Waals surface area (Å²) in [6.07, 6.45) is 15.4. The van der Waals surface area contributed by atoms with Crippen LogP contribution in [0.3, 0.4) is 0 Å². The van der Waals surface area contributed by atoms with Crippen LogP contribution in [0, 0.1) is 0 Å². The molecule has 3 atom stereocenters. The van der Waals surface area contributed by atoms with E-state index in [-0.39, 0.29) is 0 Å². The minimum Gasteiger partial charge on any atom is -0.508 e. The molecule has 5 aromatic rings. The Kier molecular flexibility index (Phi) is 9.19. The fraction of sp³-hybridized carbons (Fsp3) is 0.256. The second-order valence-electron chi connectivity index (χ2n) is 13.9. The predicted octanol–water partition coefficient (Wildman–Crippen LogP) is 9.88. The molecule has 0 saturated carbocycles. The van der Waals surface area contributed by atoms with Gasteiger partial charge in [0.1, 0.15) is 13.8 Å². The molecule has 0 aliphatic carbocycles. The Morgan fingerprint density at radius 2 is 1.43 bits per heavy atom. The SMILES string of the molecule is CC=CC=C(C)[Si]1(c2ccc(O)c(CC=C(C)n3c4ccccc4c4ccccc43)c2)c2ccccc2[Si](C)(C)C(CC=CC)C1C. The summed E-state index contributed by atoms with van der Waals surface area (Å²) in [6, 6.07) is 33.3. The number of aromatic hydroxyl groups is 1. The van der Waals surface area contributed by atoms with Crippen LogP contribution in [0.5, 0.6) is 5.75 Å². The molecule has 4 aromatic carbocycles. The monoisotopic (exact) mass is 651 g/mol. The number of phenolic OH excluding ortho intramolecular Hbond substituents is 1. The smallest absolute Gasteiger partial charge is 0.146 e. The molecule has 6 rings (SSSR count). The number of benzene rings is 4. The maximum Gasteiger partial charge on any atom is 0.146 e. The van der Waals surface area contributed by atoms with Gasteiger partial charge in [-0.25, -0.2) is 0 Å². The number of nitrogens with zero attached hydrogens (tertiary/aromatic N) is 1. The van der Waals surface area contributed by atoms with Gasteiger partial charge < -0.3 is 9.67 Å². The summed E-state index contributed by atoms with van der Waals surface area (Å²) in [5.74, 6) is 0.371. The minimum absolute atomic E-state index is 0.371. The van der Waals surface area contributed by atoms with Gasteiger partial charge in [-0.3, -0.25) is 0 Å². The van der Waals surface area contributed by atoms with E-state index in [4.69, 9.17) is 0 Å². The van der Waals surface area contributed by atoms with E-state index in [2.05, 4.69) is 174 Å². The summed E-state index contributed by atoms with van der Waals surface area (Å²) in [7, 11) is -4.28. The van der Waals surface area contributed by atoms with E-state index in [9.17, 15) is 5.11 Å². The van der Waals surface area contributed by atoms with Crippen LogP contribution >= 0.6 is 0 Å². The third-order valence-electron chi connectivity index (χ3n) is 11.1. The van der Waals surface area contributed by atoms with Gasteiger partial charge in [-0.2, -0.15) is 0 Å². The van der Waals surface area contributed by atoms with Crippen molar-refractivity contribution < 1.29 is 5.11 Å². The Morgan fingerprint density at radius 3 is 2.06 bits per heavy atom. The molecule has 47 heavy (non-hydrogen) atoms. The molecule has 0 fully saturated rings. The average molecular weight is 652 g/mol. The predicted molar refractivity (Wildman–Crippen MR) is 211 cm³/mol. The molecule has 1 aromatic heterocycles. The first kappa shape index (κ1) is 32.8. The molecule has 4 heteroatoms. The van der Waals surface area contributed by atoms with Crippen molar-refractivity contribution in [1.29, 1.82) is 0 Å². The van der Waals surface area contributed by atoms with Crippen LogP contribution < -0.4 is 15.6 Å². The van der Waals surface area contributed by atoms with E-state index in [0.717, 1.165) is 12.0 Å². The van der Waals surface area contributed by atoms with Gasteiger partial charge in [-0.05, 0) is 80.6 Å². The summed E-state index contributed by atoms with van der Waals surface area (Å²) < 4.78 is 2.36. The van der Waals surface area contributed by atoms with E-state index < -0.39 is 16.1 Å². The normalized spacial score (nSPS) is 21.7. The fourth-order valence-corrected chi connectivity index (χ4v) is 21.7. The molecule has 1 aliphatic heterocycles. The molecule has 0 spiro atoms. The lowest BCUT2D eigenvalue weighted by atomic mass is 10.1. The Morgan fingerprint density at radius 1 is 0.809 bits per heavy atom. The lowest BCUT2D eigenvalue weighted by Gasteiger charge is -2.54. The Bertz CT molecular complexity index is 2010. The third-order valence-corrected chi connectivity index (χ3v) is 21.8. The number of fused-ring (bicyclic) bond motifs is 4. The highest BCUT2D eigenvalue weighted by atomic mass is 28.3. The second kappa shape index (κ2) is 13.2. The van der Waals surface area contributed by atoms with Gasteiger partial charge in [0.2, 0.25) is 0 Å². The molecule has 240 valence electrons. The highest BCUT2D eigenvalue weighted by molar-refractivity contribution is 7.14. The molecule has 0 radical (unpaired) electrons. The summed E-state index contributed by atoms with van der Waals surface area (Å²) in [6.45, 7) is 16.6. The number of hydrogen-bond acceptors (Lipinski definition) is 1. The van der Waals surface area contributed by atoms with Crippen LogP contribution in [0.4, 0.5) is 0 Å². The Labute approximate surface area is 283 Å². The van der Waals surface area contributed by atoms with Gasteiger partial charge in [-0.1, -0.05) is 145 Å². The molecular weight excluding hydrogens is 603 g/mol. The van der Waals surface area contributed by atoms with Crippen LogP contribution in [0.15, 0.2) is 133 Å². The van der Waals surface area contributed by atoms with Gasteiger partial charge in [-0.15, -0.1) is 0 Å². The molecule has 2 nitrogen and oxygen atoms in total. The van der Waals surface area contributed by atoms with Crippen molar-refractivity contribution in [2.75, 3.05) is 0 Å². The van der Waals surface area contributed by atoms with Gasteiger partial charge in [0.25, 0.3) is 0 Å². The van der Waals surface area contributed by atoms with Crippen LogP contribution in [0.1, 0.15) is 46.6 Å². The van der Waals surface area contributed by atoms with Gasteiger partial charge >= 0.3 is 0 Å². The highest BCUT2D eigenvalue weighted by Gasteiger charge is 2.56. The van der Waals surface area contributed by atoms with Crippen molar-refractivity contribution in [1.82, 2.24) is 4.57 Å². The van der Waals surface area contributed by atoms with Crippen molar-refractivity contribution in [3.63, 3.8) is 0 Å².